The molecule has 2 aromatic heterocycles. The molecule has 49 heavy (non-hydrogen) atoms. The van der Waals surface area contributed by atoms with Gasteiger partial charge in [0, 0.05) is 54.1 Å². The molecule has 230 valence electrons. The van der Waals surface area contributed by atoms with E-state index < -0.39 is 0 Å². The van der Waals surface area contributed by atoms with E-state index in [2.05, 4.69) is 169 Å². The van der Waals surface area contributed by atoms with Crippen LogP contribution in [0, 0.1) is 0 Å². The molecule has 0 spiro atoms. The van der Waals surface area contributed by atoms with E-state index in [1.165, 1.54) is 53.2 Å². The van der Waals surface area contributed by atoms with Gasteiger partial charge in [-0.25, -0.2) is 0 Å². The van der Waals surface area contributed by atoms with Gasteiger partial charge in [0.1, 0.15) is 11.2 Å². The van der Waals surface area contributed by atoms with E-state index in [1.807, 2.05) is 23.5 Å². The van der Waals surface area contributed by atoms with E-state index in [-0.39, 0.29) is 0 Å². The molecule has 10 aromatic rings. The minimum absolute atomic E-state index is 0.880. The molecule has 0 unspecified atom stereocenters. The molecule has 0 fully saturated rings. The van der Waals surface area contributed by atoms with Crippen LogP contribution in [-0.2, 0) is 0 Å². The van der Waals surface area contributed by atoms with E-state index in [0.717, 1.165) is 39.0 Å². The first-order valence-electron chi connectivity index (χ1n) is 16.6. The predicted octanol–water partition coefficient (Wildman–Crippen LogP) is 13.9. The van der Waals surface area contributed by atoms with Crippen LogP contribution >= 0.6 is 11.3 Å². The zero-order valence-electron chi connectivity index (χ0n) is 26.5. The van der Waals surface area contributed by atoms with E-state index in [4.69, 9.17) is 4.42 Å². The Balaban J connectivity index is 1.05. The van der Waals surface area contributed by atoms with Crippen molar-refractivity contribution in [3.63, 3.8) is 0 Å². The van der Waals surface area contributed by atoms with Crippen molar-refractivity contribution in [2.45, 2.75) is 0 Å². The summed E-state index contributed by atoms with van der Waals surface area (Å²) >= 11 is 1.88. The molecule has 2 heterocycles. The van der Waals surface area contributed by atoms with Crippen molar-refractivity contribution in [1.29, 1.82) is 0 Å². The largest absolute Gasteiger partial charge is 0.456 e. The summed E-state index contributed by atoms with van der Waals surface area (Å²) in [7, 11) is 0. The molecule has 0 aliphatic rings. The first-order chi connectivity index (χ1) is 24.3. The second kappa shape index (κ2) is 11.2. The van der Waals surface area contributed by atoms with E-state index in [1.54, 1.807) is 0 Å². The van der Waals surface area contributed by atoms with Crippen LogP contribution < -0.4 is 4.90 Å². The monoisotopic (exact) mass is 643 g/mol. The zero-order chi connectivity index (χ0) is 32.3. The van der Waals surface area contributed by atoms with Gasteiger partial charge in [-0.15, -0.1) is 11.3 Å². The summed E-state index contributed by atoms with van der Waals surface area (Å²) in [5, 5.41) is 7.50. The number of rotatable bonds is 5. The van der Waals surface area contributed by atoms with Crippen molar-refractivity contribution in [3.8, 4) is 22.3 Å². The Bertz CT molecular complexity index is 2810. The van der Waals surface area contributed by atoms with Crippen LogP contribution in [-0.4, -0.2) is 0 Å². The Morgan fingerprint density at radius 1 is 0.367 bits per heavy atom. The molecule has 8 aromatic carbocycles. The van der Waals surface area contributed by atoms with Crippen LogP contribution in [0.2, 0.25) is 0 Å². The molecule has 0 aliphatic heterocycles. The third kappa shape index (κ3) is 4.70. The highest BCUT2D eigenvalue weighted by Crippen LogP contribution is 2.41. The van der Waals surface area contributed by atoms with Crippen LogP contribution in [0.3, 0.4) is 0 Å². The Labute approximate surface area is 287 Å². The molecule has 0 N–H and O–H groups in total. The lowest BCUT2D eigenvalue weighted by Gasteiger charge is -2.26. The van der Waals surface area contributed by atoms with Crippen LogP contribution in [0.5, 0.6) is 0 Å². The minimum atomic E-state index is 0.880. The Hall–Kier alpha value is -6.16. The SMILES string of the molecule is c1ccc(-c2ccc(N(c3ccc(-c4ccc5c(ccc6c7ccccc7sc56)c4)cc3)c3ccc4c(c3)oc3ccccc34)cc2)cc1. The highest BCUT2D eigenvalue weighted by atomic mass is 32.1. The predicted molar refractivity (Wildman–Crippen MR) is 210 cm³/mol. The number of anilines is 3. The van der Waals surface area contributed by atoms with Crippen molar-refractivity contribution in [2.75, 3.05) is 4.90 Å². The molecule has 0 amide bonds. The van der Waals surface area contributed by atoms with Crippen LogP contribution in [0.25, 0.3) is 75.1 Å². The van der Waals surface area contributed by atoms with Gasteiger partial charge in [0.15, 0.2) is 0 Å². The van der Waals surface area contributed by atoms with Crippen molar-refractivity contribution < 1.29 is 4.42 Å². The standard InChI is InChI=1S/C46H29NOS/c1-2-8-30(9-3-1)31-14-20-35(21-15-31)47(37-24-27-40-39-10-4-6-12-43(39)48-44(40)29-37)36-22-16-32(17-23-36)33-18-25-38-34(28-33)19-26-42-41-11-5-7-13-45(41)49-46(38)42/h1-29H. The van der Waals surface area contributed by atoms with Crippen LogP contribution in [0.4, 0.5) is 17.1 Å². The Kier molecular flexibility index (Phi) is 6.39. The fraction of sp³-hybridized carbons (Fsp3) is 0. The van der Waals surface area contributed by atoms with E-state index >= 15 is 0 Å². The second-order valence-electron chi connectivity index (χ2n) is 12.6. The number of hydrogen-bond donors (Lipinski definition) is 0. The second-order valence-corrected chi connectivity index (χ2v) is 13.6. The summed E-state index contributed by atoms with van der Waals surface area (Å²) in [5.41, 5.74) is 9.79. The van der Waals surface area contributed by atoms with Gasteiger partial charge in [-0.2, -0.15) is 0 Å². The molecule has 0 saturated carbocycles. The molecule has 0 aliphatic carbocycles. The number of para-hydroxylation sites is 1. The number of fused-ring (bicyclic) bond motifs is 8. The van der Waals surface area contributed by atoms with Gasteiger partial charge in [0.2, 0.25) is 0 Å². The average Bonchev–Trinajstić information content (AvgIpc) is 3.74. The summed E-state index contributed by atoms with van der Waals surface area (Å²) in [4.78, 5) is 2.31. The Morgan fingerprint density at radius 3 is 1.73 bits per heavy atom. The molecule has 0 radical (unpaired) electrons. The van der Waals surface area contributed by atoms with Crippen LogP contribution in [0.15, 0.2) is 180 Å². The van der Waals surface area contributed by atoms with Crippen molar-refractivity contribution in [3.05, 3.63) is 176 Å². The third-order valence-corrected chi connectivity index (χ3v) is 10.9. The van der Waals surface area contributed by atoms with Crippen molar-refractivity contribution >= 4 is 81.3 Å². The van der Waals surface area contributed by atoms with Gasteiger partial charge in [0.05, 0.1) is 0 Å². The van der Waals surface area contributed by atoms with E-state index in [0.29, 0.717) is 0 Å². The number of thiophene rings is 1. The molecule has 0 atom stereocenters. The number of benzene rings is 8. The van der Waals surface area contributed by atoms with Gasteiger partial charge >= 0.3 is 0 Å². The summed E-state index contributed by atoms with van der Waals surface area (Å²) < 4.78 is 9.02. The molecule has 3 heteroatoms. The van der Waals surface area contributed by atoms with Gasteiger partial charge in [-0.3, -0.25) is 0 Å². The number of nitrogens with zero attached hydrogens (tertiary/aromatic N) is 1. The van der Waals surface area contributed by atoms with Crippen molar-refractivity contribution in [2.24, 2.45) is 0 Å². The third-order valence-electron chi connectivity index (χ3n) is 9.67. The molecule has 0 bridgehead atoms. The van der Waals surface area contributed by atoms with Gasteiger partial charge in [-0.1, -0.05) is 115 Å². The summed E-state index contributed by atoms with van der Waals surface area (Å²) in [6.07, 6.45) is 0. The summed E-state index contributed by atoms with van der Waals surface area (Å²) in [5.74, 6) is 0. The maximum absolute atomic E-state index is 6.32. The topological polar surface area (TPSA) is 16.4 Å². The summed E-state index contributed by atoms with van der Waals surface area (Å²) in [6, 6.07) is 63.2. The maximum Gasteiger partial charge on any atom is 0.137 e. The van der Waals surface area contributed by atoms with E-state index in [9.17, 15) is 0 Å². The lowest BCUT2D eigenvalue weighted by molar-refractivity contribution is 0.669. The zero-order valence-corrected chi connectivity index (χ0v) is 27.3. The molecular weight excluding hydrogens is 615 g/mol. The highest BCUT2D eigenvalue weighted by Gasteiger charge is 2.16. The minimum Gasteiger partial charge on any atom is -0.456 e. The smallest absolute Gasteiger partial charge is 0.137 e. The molecule has 2 nitrogen and oxygen atoms in total. The van der Waals surface area contributed by atoms with Gasteiger partial charge in [0.25, 0.3) is 0 Å². The Morgan fingerprint density at radius 2 is 0.939 bits per heavy atom. The van der Waals surface area contributed by atoms with Gasteiger partial charge < -0.3 is 9.32 Å². The average molecular weight is 644 g/mol. The highest BCUT2D eigenvalue weighted by molar-refractivity contribution is 7.26. The normalized spacial score (nSPS) is 11.7. The quantitative estimate of drug-likeness (QED) is 0.186. The molecular formula is C46H29NOS. The first-order valence-corrected chi connectivity index (χ1v) is 17.4. The fourth-order valence-electron chi connectivity index (χ4n) is 7.23. The number of furan rings is 1. The molecule has 0 saturated heterocycles. The first kappa shape index (κ1) is 27.9. The molecule has 10 rings (SSSR count). The van der Waals surface area contributed by atoms with Crippen molar-refractivity contribution in [1.82, 2.24) is 0 Å². The summed E-state index contributed by atoms with van der Waals surface area (Å²) in [6.45, 7) is 0. The maximum atomic E-state index is 6.32. The fourth-order valence-corrected chi connectivity index (χ4v) is 8.47. The van der Waals surface area contributed by atoms with Gasteiger partial charge in [-0.05, 0) is 87.6 Å². The van der Waals surface area contributed by atoms with Crippen LogP contribution in [0.1, 0.15) is 0 Å². The lowest BCUT2D eigenvalue weighted by atomic mass is 9.99. The lowest BCUT2D eigenvalue weighted by Crippen LogP contribution is -2.09. The number of hydrogen-bond acceptors (Lipinski definition) is 3.